The van der Waals surface area contributed by atoms with Gasteiger partial charge in [-0.15, -0.1) is 10.2 Å². The lowest BCUT2D eigenvalue weighted by Gasteiger charge is -2.32. The topological polar surface area (TPSA) is 146 Å². The van der Waals surface area contributed by atoms with E-state index in [1.165, 1.54) is 72.8 Å². The third kappa shape index (κ3) is 10.8. The minimum atomic E-state index is -5.27. The highest BCUT2D eigenvalue weighted by molar-refractivity contribution is 6.11. The van der Waals surface area contributed by atoms with E-state index >= 15 is 26.3 Å². The molecule has 3 aromatic rings. The number of carbonyl (C=O) groups excluding carboxylic acids is 3. The monoisotopic (exact) mass is 799 g/mol. The fourth-order valence-electron chi connectivity index (χ4n) is 5.38. The number of ether oxygens (including phenoxy) is 4. The molecule has 0 fully saturated rings. The summed E-state index contributed by atoms with van der Waals surface area (Å²) in [6.45, 7) is 8.27. The van der Waals surface area contributed by atoms with Crippen molar-refractivity contribution in [2.24, 2.45) is 0 Å². The van der Waals surface area contributed by atoms with Crippen molar-refractivity contribution in [1.82, 2.24) is 15.2 Å². The molecule has 0 saturated heterocycles. The lowest BCUT2D eigenvalue weighted by atomic mass is 9.95. The molecule has 56 heavy (non-hydrogen) atoms. The van der Waals surface area contributed by atoms with E-state index in [1.54, 1.807) is 18.2 Å². The van der Waals surface area contributed by atoms with Crippen LogP contribution in [0.3, 0.4) is 0 Å². The van der Waals surface area contributed by atoms with Crippen LogP contribution < -0.4 is 9.80 Å². The Bertz CT molecular complexity index is 1860. The first-order valence-electron chi connectivity index (χ1n) is 17.5. The van der Waals surface area contributed by atoms with Crippen molar-refractivity contribution in [3.63, 3.8) is 0 Å². The summed E-state index contributed by atoms with van der Waals surface area (Å²) < 4.78 is 118. The Hall–Kier alpha value is -5.20. The van der Waals surface area contributed by atoms with E-state index in [9.17, 15) is 14.4 Å². The summed E-state index contributed by atoms with van der Waals surface area (Å²) in [5.41, 5.74) is -8.94. The number of anilines is 2. The SMILES string of the molecule is CCOC(=O)CN1CC/C=C\CCC(OCc2ccccc2)(C(F)(F)F)c2nnc(o2)-c2nc1c(C(F)(F)F)cc2N(C(=O)OC(C)(C)C)C(=O)OC(C)(C)C. The molecular formula is C37H43F6N5O8. The van der Waals surface area contributed by atoms with Crippen molar-refractivity contribution in [3.8, 4) is 11.6 Å². The number of hydrogen-bond donors (Lipinski definition) is 0. The molecule has 4 bridgehead atoms. The zero-order chi connectivity index (χ0) is 41.7. The van der Waals surface area contributed by atoms with Crippen molar-refractivity contribution in [1.29, 1.82) is 0 Å². The summed E-state index contributed by atoms with van der Waals surface area (Å²) in [6.07, 6.45) is -11.9. The van der Waals surface area contributed by atoms with Gasteiger partial charge >= 0.3 is 30.5 Å². The number of pyridine rings is 1. The Balaban J connectivity index is 2.10. The van der Waals surface area contributed by atoms with Crippen LogP contribution in [0.15, 0.2) is 53.0 Å². The quantitative estimate of drug-likeness (QED) is 0.0973. The smallest absolute Gasteiger partial charge is 0.426 e. The first-order chi connectivity index (χ1) is 26.0. The molecule has 13 nitrogen and oxygen atoms in total. The molecule has 0 saturated carbocycles. The van der Waals surface area contributed by atoms with Gasteiger partial charge in [0.25, 0.3) is 11.8 Å². The van der Waals surface area contributed by atoms with E-state index in [1.807, 2.05) is 0 Å². The number of rotatable bonds is 7. The van der Waals surface area contributed by atoms with Crippen molar-refractivity contribution >= 4 is 29.7 Å². The van der Waals surface area contributed by atoms with Gasteiger partial charge in [-0.3, -0.25) is 4.79 Å². The molecule has 19 heteroatoms. The minimum absolute atomic E-state index is 0.0697. The summed E-state index contributed by atoms with van der Waals surface area (Å²) >= 11 is 0. The number of fused-ring (bicyclic) bond motifs is 5. The number of carbonyl (C=O) groups is 3. The van der Waals surface area contributed by atoms with Crippen LogP contribution in [0.25, 0.3) is 11.6 Å². The maximum Gasteiger partial charge on any atom is 0.426 e. The molecule has 1 unspecified atom stereocenters. The molecule has 0 spiro atoms. The zero-order valence-corrected chi connectivity index (χ0v) is 31.8. The molecule has 3 heterocycles. The van der Waals surface area contributed by atoms with Crippen LogP contribution in [0, 0.1) is 0 Å². The second-order valence-electron chi connectivity index (χ2n) is 14.6. The summed E-state index contributed by atoms with van der Waals surface area (Å²) in [5, 5.41) is 7.44. The van der Waals surface area contributed by atoms with Crippen molar-refractivity contribution < 1.29 is 64.1 Å². The lowest BCUT2D eigenvalue weighted by Crippen LogP contribution is -2.45. The van der Waals surface area contributed by atoms with E-state index < -0.39 is 101 Å². The summed E-state index contributed by atoms with van der Waals surface area (Å²) in [6, 6.07) is 8.28. The molecule has 0 aliphatic carbocycles. The molecule has 2 amide bonds. The van der Waals surface area contributed by atoms with Gasteiger partial charge in [0, 0.05) is 6.54 Å². The highest BCUT2D eigenvalue weighted by atomic mass is 19.4. The highest BCUT2D eigenvalue weighted by Gasteiger charge is 2.61. The standard InChI is InChI=1S/C37H43F6N5O8/c1-8-52-26(49)21-47-19-15-10-9-14-18-35(37(41,42)43,53-22-23-16-12-11-13-17-23)30-46-45-29(54-30)27-25(20-24(28(47)44-27)36(38,39)40)48(31(50)55-33(2,3)4)32(51)56-34(5,6)7/h9-13,16-17,20H,8,14-15,18-19,21-22H2,1-7H3/b10-9-. The summed E-state index contributed by atoms with van der Waals surface area (Å²) in [5.74, 6) is -3.93. The van der Waals surface area contributed by atoms with Crippen LogP contribution in [0.5, 0.6) is 0 Å². The number of halogens is 6. The average molecular weight is 800 g/mol. The fraction of sp³-hybridized carbons (Fsp3) is 0.514. The predicted molar refractivity (Wildman–Crippen MR) is 188 cm³/mol. The molecule has 0 N–H and O–H groups in total. The Labute approximate surface area is 318 Å². The number of allylic oxidation sites excluding steroid dienone is 1. The van der Waals surface area contributed by atoms with Gasteiger partial charge < -0.3 is 28.3 Å². The molecule has 1 aliphatic heterocycles. The summed E-state index contributed by atoms with van der Waals surface area (Å²) in [7, 11) is 0. The van der Waals surface area contributed by atoms with E-state index in [0.717, 1.165) is 4.90 Å². The molecule has 1 aromatic carbocycles. The van der Waals surface area contributed by atoms with E-state index in [2.05, 4.69) is 15.2 Å². The van der Waals surface area contributed by atoms with Gasteiger partial charge in [-0.2, -0.15) is 31.2 Å². The zero-order valence-electron chi connectivity index (χ0n) is 31.8. The van der Waals surface area contributed by atoms with Crippen molar-refractivity contribution in [2.45, 2.75) is 103 Å². The molecule has 4 rings (SSSR count). The number of aromatic nitrogens is 3. The van der Waals surface area contributed by atoms with E-state index in [0.29, 0.717) is 11.6 Å². The Morgan fingerprint density at radius 2 is 1.50 bits per heavy atom. The second-order valence-corrected chi connectivity index (χ2v) is 14.6. The lowest BCUT2D eigenvalue weighted by molar-refractivity contribution is -0.299. The van der Waals surface area contributed by atoms with Crippen molar-refractivity contribution in [3.05, 3.63) is 65.6 Å². The fourth-order valence-corrected chi connectivity index (χ4v) is 5.38. The third-order valence-electron chi connectivity index (χ3n) is 7.76. The Kier molecular flexibility index (Phi) is 13.1. The van der Waals surface area contributed by atoms with Gasteiger partial charge in [0.2, 0.25) is 5.60 Å². The normalized spacial score (nSPS) is 17.4. The number of nitrogens with zero attached hydrogens (tertiary/aromatic N) is 5. The van der Waals surface area contributed by atoms with Crippen LogP contribution in [0.1, 0.15) is 84.7 Å². The van der Waals surface area contributed by atoms with Crippen LogP contribution >= 0.6 is 0 Å². The largest absolute Gasteiger partial charge is 0.465 e. The van der Waals surface area contributed by atoms with E-state index in [-0.39, 0.29) is 30.9 Å². The van der Waals surface area contributed by atoms with E-state index in [4.69, 9.17) is 23.4 Å². The number of alkyl halides is 6. The maximum absolute atomic E-state index is 15.3. The van der Waals surface area contributed by atoms with Gasteiger partial charge in [0.05, 0.1) is 18.9 Å². The second kappa shape index (κ2) is 16.9. The van der Waals surface area contributed by atoms with Gasteiger partial charge in [0.1, 0.15) is 29.1 Å². The van der Waals surface area contributed by atoms with Gasteiger partial charge in [-0.25, -0.2) is 14.6 Å². The highest BCUT2D eigenvalue weighted by Crippen LogP contribution is 2.48. The Morgan fingerprint density at radius 3 is 2.05 bits per heavy atom. The number of benzene rings is 1. The van der Waals surface area contributed by atoms with Gasteiger partial charge in [0.15, 0.2) is 5.69 Å². The first kappa shape index (κ1) is 43.5. The van der Waals surface area contributed by atoms with Crippen molar-refractivity contribution in [2.75, 3.05) is 29.5 Å². The summed E-state index contributed by atoms with van der Waals surface area (Å²) in [4.78, 5) is 45.4. The van der Waals surface area contributed by atoms with Crippen LogP contribution in [0.4, 0.5) is 47.4 Å². The molecule has 306 valence electrons. The first-order valence-corrected chi connectivity index (χ1v) is 17.5. The maximum atomic E-state index is 15.3. The molecule has 1 aliphatic rings. The van der Waals surface area contributed by atoms with Gasteiger partial charge in [-0.1, -0.05) is 42.5 Å². The molecule has 1 atom stereocenters. The van der Waals surface area contributed by atoms with Crippen LogP contribution in [-0.2, 0) is 42.1 Å². The molecule has 0 radical (unpaired) electrons. The minimum Gasteiger partial charge on any atom is -0.465 e. The number of hydrogen-bond acceptors (Lipinski definition) is 12. The average Bonchev–Trinajstić information content (AvgIpc) is 3.55. The van der Waals surface area contributed by atoms with Gasteiger partial charge in [-0.05, 0) is 79.4 Å². The van der Waals surface area contributed by atoms with Crippen LogP contribution in [0.2, 0.25) is 0 Å². The molecule has 2 aromatic heterocycles. The Morgan fingerprint density at radius 1 is 0.893 bits per heavy atom. The third-order valence-corrected chi connectivity index (χ3v) is 7.76. The number of esters is 1. The molecular weight excluding hydrogens is 756 g/mol. The number of imide groups is 1. The predicted octanol–water partition coefficient (Wildman–Crippen LogP) is 8.91. The van der Waals surface area contributed by atoms with Crippen LogP contribution in [-0.4, -0.2) is 70.4 Å². The number of amides is 2.